The van der Waals surface area contributed by atoms with Crippen molar-refractivity contribution in [2.75, 3.05) is 5.32 Å². The Bertz CT molecular complexity index is 1030. The summed E-state index contributed by atoms with van der Waals surface area (Å²) in [6, 6.07) is 4.84. The van der Waals surface area contributed by atoms with E-state index < -0.39 is 0 Å². The fourth-order valence-corrected chi connectivity index (χ4v) is 3.90. The van der Waals surface area contributed by atoms with Crippen molar-refractivity contribution in [1.29, 1.82) is 0 Å². The van der Waals surface area contributed by atoms with E-state index in [0.29, 0.717) is 21.1 Å². The van der Waals surface area contributed by atoms with Crippen LogP contribution < -0.4 is 10.9 Å². The summed E-state index contributed by atoms with van der Waals surface area (Å²) in [5.74, 6) is -0.241. The van der Waals surface area contributed by atoms with Crippen LogP contribution in [0.15, 0.2) is 29.3 Å². The van der Waals surface area contributed by atoms with Crippen molar-refractivity contribution in [3.8, 4) is 0 Å². The topological polar surface area (TPSA) is 64.0 Å². The van der Waals surface area contributed by atoms with E-state index in [-0.39, 0.29) is 24.4 Å². The average molecular weight is 396 g/mol. The lowest BCUT2D eigenvalue weighted by Gasteiger charge is -2.08. The van der Waals surface area contributed by atoms with Gasteiger partial charge in [-0.15, -0.1) is 11.3 Å². The van der Waals surface area contributed by atoms with Gasteiger partial charge in [0.2, 0.25) is 5.91 Å². The van der Waals surface area contributed by atoms with Gasteiger partial charge in [0.15, 0.2) is 0 Å². The van der Waals surface area contributed by atoms with E-state index in [1.54, 1.807) is 18.2 Å². The molecule has 0 aliphatic carbocycles. The third-order valence-electron chi connectivity index (χ3n) is 3.94. The molecule has 0 unspecified atom stereocenters. The van der Waals surface area contributed by atoms with Crippen LogP contribution in [-0.2, 0) is 11.3 Å². The molecule has 1 aromatic carbocycles. The zero-order valence-corrected chi connectivity index (χ0v) is 15.9. The highest BCUT2D eigenvalue weighted by molar-refractivity contribution is 7.18. The molecule has 1 N–H and O–H groups in total. The number of hydrogen-bond acceptors (Lipinski definition) is 4. The van der Waals surface area contributed by atoms with E-state index in [1.807, 2.05) is 13.8 Å². The van der Waals surface area contributed by atoms with Gasteiger partial charge >= 0.3 is 0 Å². The van der Waals surface area contributed by atoms with E-state index >= 15 is 0 Å². The number of halogens is 2. The number of amides is 1. The minimum atomic E-state index is -0.241. The number of carbonyl (C=O) groups is 1. The summed E-state index contributed by atoms with van der Waals surface area (Å²) in [4.78, 5) is 30.8. The summed E-state index contributed by atoms with van der Waals surface area (Å²) >= 11 is 13.4. The molecule has 1 amide bonds. The molecule has 5 nitrogen and oxygen atoms in total. The Morgan fingerprint density at radius 3 is 2.80 bits per heavy atom. The second kappa shape index (κ2) is 7.15. The van der Waals surface area contributed by atoms with Crippen LogP contribution in [0, 0.1) is 13.8 Å². The maximum absolute atomic E-state index is 12.6. The quantitative estimate of drug-likeness (QED) is 0.711. The molecule has 0 atom stereocenters. The lowest BCUT2D eigenvalue weighted by atomic mass is 10.2. The van der Waals surface area contributed by atoms with Gasteiger partial charge in [-0.1, -0.05) is 23.2 Å². The van der Waals surface area contributed by atoms with Gasteiger partial charge in [0.1, 0.15) is 4.83 Å². The molecule has 0 fully saturated rings. The van der Waals surface area contributed by atoms with Gasteiger partial charge in [-0.05, 0) is 37.6 Å². The number of nitrogens with one attached hydrogen (secondary N) is 1. The van der Waals surface area contributed by atoms with Crippen LogP contribution in [0.5, 0.6) is 0 Å². The molecule has 0 aliphatic rings. The Morgan fingerprint density at radius 1 is 1.32 bits per heavy atom. The van der Waals surface area contributed by atoms with Crippen molar-refractivity contribution in [2.45, 2.75) is 26.8 Å². The third-order valence-corrected chi connectivity index (χ3v) is 5.60. The van der Waals surface area contributed by atoms with Crippen LogP contribution in [-0.4, -0.2) is 15.5 Å². The number of aryl methyl sites for hydroxylation is 3. The van der Waals surface area contributed by atoms with Crippen LogP contribution in [0.4, 0.5) is 5.69 Å². The largest absolute Gasteiger partial charge is 0.325 e. The fraction of sp³-hybridized carbons (Fsp3) is 0.235. The Morgan fingerprint density at radius 2 is 2.08 bits per heavy atom. The normalized spacial score (nSPS) is 11.0. The van der Waals surface area contributed by atoms with Crippen molar-refractivity contribution in [3.63, 3.8) is 0 Å². The summed E-state index contributed by atoms with van der Waals surface area (Å²) < 4.78 is 1.46. The summed E-state index contributed by atoms with van der Waals surface area (Å²) in [5.41, 5.74) is 1.31. The van der Waals surface area contributed by atoms with E-state index in [1.165, 1.54) is 22.2 Å². The summed E-state index contributed by atoms with van der Waals surface area (Å²) in [6.07, 6.45) is 1.62. The molecular weight excluding hydrogens is 381 g/mol. The van der Waals surface area contributed by atoms with Gasteiger partial charge < -0.3 is 5.32 Å². The molecule has 2 heterocycles. The number of nitrogens with zero attached hydrogens (tertiary/aromatic N) is 2. The van der Waals surface area contributed by atoms with Gasteiger partial charge in [-0.3, -0.25) is 14.2 Å². The van der Waals surface area contributed by atoms with E-state index in [0.717, 1.165) is 15.3 Å². The smallest absolute Gasteiger partial charge is 0.262 e. The summed E-state index contributed by atoms with van der Waals surface area (Å²) in [5, 5.41) is 4.21. The van der Waals surface area contributed by atoms with E-state index in [2.05, 4.69) is 10.3 Å². The predicted molar refractivity (Wildman–Crippen MR) is 103 cm³/mol. The minimum Gasteiger partial charge on any atom is -0.325 e. The zero-order valence-electron chi connectivity index (χ0n) is 13.6. The molecule has 0 saturated heterocycles. The number of anilines is 1. The first-order valence-corrected chi connectivity index (χ1v) is 9.14. The summed E-state index contributed by atoms with van der Waals surface area (Å²) in [7, 11) is 0. The summed E-state index contributed by atoms with van der Waals surface area (Å²) in [6.45, 7) is 4.12. The molecule has 2 aromatic heterocycles. The second-order valence-electron chi connectivity index (χ2n) is 5.63. The van der Waals surface area contributed by atoms with Crippen LogP contribution in [0.3, 0.4) is 0 Å². The van der Waals surface area contributed by atoms with Gasteiger partial charge in [0.25, 0.3) is 5.56 Å². The standard InChI is InChI=1S/C17H15Cl2N3O2S/c1-9-10(2)25-16-15(9)17(24)22(8-20-16)6-5-14(23)21-13-4-3-11(18)7-12(13)19/h3-4,7-8H,5-6H2,1-2H3,(H,21,23). The maximum Gasteiger partial charge on any atom is 0.262 e. The first kappa shape index (κ1) is 17.9. The molecule has 0 radical (unpaired) electrons. The molecular formula is C17H15Cl2N3O2S. The Hall–Kier alpha value is -1.89. The number of rotatable bonds is 4. The lowest BCUT2D eigenvalue weighted by Crippen LogP contribution is -2.23. The van der Waals surface area contributed by atoms with Crippen molar-refractivity contribution in [2.24, 2.45) is 0 Å². The van der Waals surface area contributed by atoms with Crippen LogP contribution in [0.2, 0.25) is 10.0 Å². The number of fused-ring (bicyclic) bond motifs is 1. The number of hydrogen-bond donors (Lipinski definition) is 1. The van der Waals surface area contributed by atoms with Crippen LogP contribution >= 0.6 is 34.5 Å². The van der Waals surface area contributed by atoms with Crippen molar-refractivity contribution >= 4 is 56.3 Å². The molecule has 3 aromatic rings. The van der Waals surface area contributed by atoms with Gasteiger partial charge in [0.05, 0.1) is 22.4 Å². The SMILES string of the molecule is Cc1sc2ncn(CCC(=O)Nc3ccc(Cl)cc3Cl)c(=O)c2c1C. The van der Waals surface area contributed by atoms with Gasteiger partial charge in [0, 0.05) is 22.9 Å². The molecule has 25 heavy (non-hydrogen) atoms. The average Bonchev–Trinajstić information content (AvgIpc) is 2.85. The van der Waals surface area contributed by atoms with Crippen LogP contribution in [0.25, 0.3) is 10.2 Å². The highest BCUT2D eigenvalue weighted by Gasteiger charge is 2.13. The Balaban J connectivity index is 1.74. The minimum absolute atomic E-state index is 0.121. The first-order valence-electron chi connectivity index (χ1n) is 7.57. The van der Waals surface area contributed by atoms with Crippen molar-refractivity contribution in [3.05, 3.63) is 55.4 Å². The Kier molecular flexibility index (Phi) is 5.13. The molecule has 0 bridgehead atoms. The van der Waals surface area contributed by atoms with Crippen molar-refractivity contribution < 1.29 is 4.79 Å². The first-order chi connectivity index (χ1) is 11.9. The second-order valence-corrected chi connectivity index (χ2v) is 7.68. The molecule has 0 spiro atoms. The number of benzene rings is 1. The monoisotopic (exact) mass is 395 g/mol. The number of carbonyl (C=O) groups excluding carboxylic acids is 1. The van der Waals surface area contributed by atoms with Gasteiger partial charge in [-0.25, -0.2) is 4.98 Å². The Labute approximate surface area is 158 Å². The highest BCUT2D eigenvalue weighted by atomic mass is 35.5. The zero-order chi connectivity index (χ0) is 18.1. The molecule has 0 aliphatic heterocycles. The fourth-order valence-electron chi connectivity index (χ4n) is 2.45. The molecule has 0 saturated carbocycles. The van der Waals surface area contributed by atoms with E-state index in [9.17, 15) is 9.59 Å². The lowest BCUT2D eigenvalue weighted by molar-refractivity contribution is -0.116. The third kappa shape index (κ3) is 3.71. The molecule has 130 valence electrons. The van der Waals surface area contributed by atoms with Crippen LogP contribution in [0.1, 0.15) is 16.9 Å². The number of aromatic nitrogens is 2. The molecule has 8 heteroatoms. The maximum atomic E-state index is 12.6. The predicted octanol–water partition coefficient (Wildman–Crippen LogP) is 4.41. The highest BCUT2D eigenvalue weighted by Crippen LogP contribution is 2.26. The number of thiophene rings is 1. The van der Waals surface area contributed by atoms with Gasteiger partial charge in [-0.2, -0.15) is 0 Å². The van der Waals surface area contributed by atoms with Crippen molar-refractivity contribution in [1.82, 2.24) is 9.55 Å². The van der Waals surface area contributed by atoms with E-state index in [4.69, 9.17) is 23.2 Å². The molecule has 3 rings (SSSR count).